The molecule has 5 atom stereocenters. The number of hydrogen-bond donors (Lipinski definition) is 6. The average Bonchev–Trinajstić information content (AvgIpc) is 3.22. The Morgan fingerprint density at radius 2 is 1.97 bits per heavy atom. The van der Waals surface area contributed by atoms with E-state index in [0.717, 1.165) is 0 Å². The second-order valence-corrected chi connectivity index (χ2v) is 10.1. The fraction of sp³-hybridized carbons (Fsp3) is 0.647. The van der Waals surface area contributed by atoms with Gasteiger partial charge in [-0.05, 0) is 20.8 Å². The molecular formula is C17H27N6O9P. The number of nitrogens with two attached hydrogens (primary N) is 2. The molecule has 1 aliphatic heterocycles. The number of hydrogen-bond acceptors (Lipinski definition) is 12. The number of imidazole rings is 1. The lowest BCUT2D eigenvalue weighted by Gasteiger charge is -2.25. The molecule has 0 spiro atoms. The third kappa shape index (κ3) is 5.47. The number of nitrogens with zero attached hydrogens (tertiary/aromatic N) is 4. The van der Waals surface area contributed by atoms with Gasteiger partial charge in [0.25, 0.3) is 5.85 Å². The fourth-order valence-corrected chi connectivity index (χ4v) is 3.81. The summed E-state index contributed by atoms with van der Waals surface area (Å²) in [5.41, 5.74) is 10.8. The zero-order valence-electron chi connectivity index (χ0n) is 18.1. The zero-order chi connectivity index (χ0) is 24.7. The molecule has 1 aliphatic rings. The van der Waals surface area contributed by atoms with E-state index in [4.69, 9.17) is 25.7 Å². The Bertz CT molecular complexity index is 1070. The molecular weight excluding hydrogens is 463 g/mol. The third-order valence-corrected chi connectivity index (χ3v) is 5.59. The van der Waals surface area contributed by atoms with Crippen LogP contribution in [0.5, 0.6) is 0 Å². The molecule has 0 bridgehead atoms. The summed E-state index contributed by atoms with van der Waals surface area (Å²) in [4.78, 5) is 43.5. The maximum Gasteiger partial charge on any atom is 0.365 e. The van der Waals surface area contributed by atoms with E-state index in [1.807, 2.05) is 0 Å². The van der Waals surface area contributed by atoms with Gasteiger partial charge in [-0.3, -0.25) is 9.13 Å². The van der Waals surface area contributed by atoms with Crippen molar-refractivity contribution in [3.05, 3.63) is 12.2 Å². The standard InChI is InChI=1S/C17H27N6O9P/c1-17(2,3)32-15(26)16(33(27,28)29)30-5-7-10(24)11(25)14(31-7)23-6-20-9-12(19)21-8(4-18)22-13(9)23/h6-7,10-11,14,16,24-25H,4-5,18H2,1-3H3,(H2,19,21,22)(H2,27,28,29)/t7-,10-,11-,14-,16-/m1/s1. The Hall–Kier alpha value is -2.23. The highest BCUT2D eigenvalue weighted by Gasteiger charge is 2.47. The highest BCUT2D eigenvalue weighted by atomic mass is 31.2. The van der Waals surface area contributed by atoms with Gasteiger partial charge in [0.2, 0.25) is 0 Å². The maximum atomic E-state index is 12.2. The van der Waals surface area contributed by atoms with Gasteiger partial charge in [0.1, 0.15) is 35.3 Å². The Labute approximate surface area is 187 Å². The molecule has 184 valence electrons. The number of carbonyl (C=O) groups excluding carboxylic acids is 1. The van der Waals surface area contributed by atoms with Crippen molar-refractivity contribution < 1.29 is 43.6 Å². The summed E-state index contributed by atoms with van der Waals surface area (Å²) in [5, 5.41) is 20.9. The van der Waals surface area contributed by atoms with Gasteiger partial charge in [-0.1, -0.05) is 0 Å². The lowest BCUT2D eigenvalue weighted by molar-refractivity contribution is -0.166. The van der Waals surface area contributed by atoms with Gasteiger partial charge >= 0.3 is 13.6 Å². The lowest BCUT2D eigenvalue weighted by Crippen LogP contribution is -2.38. The SMILES string of the molecule is CC(C)(C)OC(=O)[C@H](OC[C@H]1O[C@@H](n2cnc3c(N)nc(CN)nc32)[C@H](O)[C@@H]1O)P(=O)(O)O. The van der Waals surface area contributed by atoms with E-state index in [-0.39, 0.29) is 29.4 Å². The highest BCUT2D eigenvalue weighted by Crippen LogP contribution is 2.43. The molecule has 0 amide bonds. The minimum Gasteiger partial charge on any atom is -0.458 e. The second kappa shape index (κ2) is 9.19. The number of aromatic nitrogens is 4. The molecule has 15 nitrogen and oxygen atoms in total. The van der Waals surface area contributed by atoms with E-state index in [1.54, 1.807) is 0 Å². The highest BCUT2D eigenvalue weighted by molar-refractivity contribution is 7.53. The van der Waals surface area contributed by atoms with Crippen LogP contribution < -0.4 is 11.5 Å². The van der Waals surface area contributed by atoms with Crippen molar-refractivity contribution >= 4 is 30.5 Å². The maximum absolute atomic E-state index is 12.2. The number of anilines is 1. The van der Waals surface area contributed by atoms with Crippen LogP contribution in [0.15, 0.2) is 6.33 Å². The van der Waals surface area contributed by atoms with Gasteiger partial charge < -0.3 is 45.7 Å². The average molecular weight is 490 g/mol. The fourth-order valence-electron chi connectivity index (χ4n) is 3.20. The van der Waals surface area contributed by atoms with Crippen LogP contribution >= 0.6 is 7.60 Å². The van der Waals surface area contributed by atoms with Crippen molar-refractivity contribution in [1.29, 1.82) is 0 Å². The van der Waals surface area contributed by atoms with E-state index in [9.17, 15) is 29.4 Å². The van der Waals surface area contributed by atoms with Crippen LogP contribution in [-0.2, 0) is 30.1 Å². The number of fused-ring (bicyclic) bond motifs is 1. The number of nitrogen functional groups attached to an aromatic ring is 1. The van der Waals surface area contributed by atoms with Crippen LogP contribution in [0, 0.1) is 0 Å². The molecule has 3 rings (SSSR count). The molecule has 0 saturated carbocycles. The van der Waals surface area contributed by atoms with Crippen molar-refractivity contribution in [2.75, 3.05) is 12.3 Å². The van der Waals surface area contributed by atoms with E-state index < -0.39 is 56.2 Å². The molecule has 0 aliphatic carbocycles. The first-order chi connectivity index (χ1) is 15.2. The Morgan fingerprint density at radius 3 is 2.55 bits per heavy atom. The topological polar surface area (TPSA) is 238 Å². The van der Waals surface area contributed by atoms with E-state index in [2.05, 4.69) is 15.0 Å². The third-order valence-electron chi connectivity index (χ3n) is 4.62. The molecule has 1 fully saturated rings. The number of ether oxygens (including phenoxy) is 3. The largest absolute Gasteiger partial charge is 0.458 e. The number of esters is 1. The van der Waals surface area contributed by atoms with E-state index in [1.165, 1.54) is 31.7 Å². The number of aliphatic hydroxyl groups excluding tert-OH is 2. The van der Waals surface area contributed by atoms with E-state index >= 15 is 0 Å². The van der Waals surface area contributed by atoms with Crippen molar-refractivity contribution in [3.8, 4) is 0 Å². The van der Waals surface area contributed by atoms with Gasteiger partial charge in [-0.15, -0.1) is 0 Å². The summed E-state index contributed by atoms with van der Waals surface area (Å²) in [5.74, 6) is -3.23. The Balaban J connectivity index is 1.79. The minimum absolute atomic E-state index is 0.00703. The van der Waals surface area contributed by atoms with E-state index in [0.29, 0.717) is 0 Å². The lowest BCUT2D eigenvalue weighted by atomic mass is 10.1. The normalized spacial score (nSPS) is 24.8. The second-order valence-electron chi connectivity index (χ2n) is 8.41. The predicted molar refractivity (Wildman–Crippen MR) is 111 cm³/mol. The molecule has 0 radical (unpaired) electrons. The summed E-state index contributed by atoms with van der Waals surface area (Å²) in [6.45, 7) is 3.92. The first kappa shape index (κ1) is 25.4. The molecule has 2 aromatic heterocycles. The van der Waals surface area contributed by atoms with Crippen molar-refractivity contribution in [2.24, 2.45) is 5.73 Å². The van der Waals surface area contributed by atoms with Crippen LogP contribution in [-0.4, -0.2) is 81.9 Å². The molecule has 3 heterocycles. The van der Waals surface area contributed by atoms with Crippen LogP contribution in [0.4, 0.5) is 5.82 Å². The Kier molecular flexibility index (Phi) is 7.07. The van der Waals surface area contributed by atoms with Gasteiger partial charge in [0.15, 0.2) is 17.7 Å². The monoisotopic (exact) mass is 490 g/mol. The van der Waals surface area contributed by atoms with Crippen LogP contribution in [0.2, 0.25) is 0 Å². The summed E-state index contributed by atoms with van der Waals surface area (Å²) in [6, 6.07) is 0. The van der Waals surface area contributed by atoms with Gasteiger partial charge in [0, 0.05) is 0 Å². The van der Waals surface area contributed by atoms with Gasteiger partial charge in [0.05, 0.1) is 19.5 Å². The summed E-state index contributed by atoms with van der Waals surface area (Å²) >= 11 is 0. The molecule has 2 aromatic rings. The number of rotatable bonds is 7. The minimum atomic E-state index is -5.07. The van der Waals surface area contributed by atoms with Gasteiger partial charge in [-0.2, -0.15) is 0 Å². The zero-order valence-corrected chi connectivity index (χ0v) is 19.0. The molecule has 8 N–H and O–H groups in total. The molecule has 1 saturated heterocycles. The Morgan fingerprint density at radius 1 is 1.30 bits per heavy atom. The van der Waals surface area contributed by atoms with Crippen LogP contribution in [0.3, 0.4) is 0 Å². The summed E-state index contributed by atoms with van der Waals surface area (Å²) in [6.07, 6.45) is -4.21. The van der Waals surface area contributed by atoms with Crippen LogP contribution in [0.25, 0.3) is 11.2 Å². The smallest absolute Gasteiger partial charge is 0.365 e. The molecule has 0 aromatic carbocycles. The first-order valence-electron chi connectivity index (χ1n) is 9.83. The van der Waals surface area contributed by atoms with Crippen LogP contribution in [0.1, 0.15) is 32.8 Å². The summed E-state index contributed by atoms with van der Waals surface area (Å²) < 4.78 is 28.8. The number of carbonyl (C=O) groups is 1. The van der Waals surface area contributed by atoms with Gasteiger partial charge in [-0.25, -0.2) is 19.7 Å². The molecule has 0 unspecified atom stereocenters. The molecule has 33 heavy (non-hydrogen) atoms. The van der Waals surface area contributed by atoms with Crippen molar-refractivity contribution in [2.45, 2.75) is 63.3 Å². The predicted octanol–water partition coefficient (Wildman–Crippen LogP) is -1.65. The van der Waals surface area contributed by atoms with Crippen molar-refractivity contribution in [3.63, 3.8) is 0 Å². The molecule has 16 heteroatoms. The summed E-state index contributed by atoms with van der Waals surface area (Å²) in [7, 11) is -5.07. The van der Waals surface area contributed by atoms with Crippen molar-refractivity contribution in [1.82, 2.24) is 19.5 Å². The quantitative estimate of drug-likeness (QED) is 0.188. The first-order valence-corrected chi connectivity index (χ1v) is 11.5. The number of aliphatic hydroxyl groups is 2.